The Balaban J connectivity index is 2.29. The minimum atomic E-state index is -0.582. The zero-order chi connectivity index (χ0) is 12.8. The fourth-order valence-electron chi connectivity index (χ4n) is 1.98. The Morgan fingerprint density at radius 3 is 2.24 bits per heavy atom. The molecule has 0 bridgehead atoms. The summed E-state index contributed by atoms with van der Waals surface area (Å²) in [5.74, 6) is -0.320. The van der Waals surface area contributed by atoms with E-state index in [2.05, 4.69) is 10.9 Å². The molecule has 0 heterocycles. The van der Waals surface area contributed by atoms with Gasteiger partial charge < -0.3 is 5.73 Å². The molecule has 98 valence electrons. The zero-order valence-electron chi connectivity index (χ0n) is 10.7. The highest BCUT2D eigenvalue weighted by atomic mass is 16.2. The van der Waals surface area contributed by atoms with Crippen LogP contribution in [0.15, 0.2) is 0 Å². The highest BCUT2D eigenvalue weighted by molar-refractivity contribution is 5.86. The molecule has 4 N–H and O–H groups in total. The van der Waals surface area contributed by atoms with Crippen LogP contribution in [0, 0.1) is 11.8 Å². The highest BCUT2D eigenvalue weighted by Gasteiger charge is 2.22. The lowest BCUT2D eigenvalue weighted by molar-refractivity contribution is -0.132. The second-order valence-corrected chi connectivity index (χ2v) is 5.08. The molecular formula is C12H23N3O2. The molecule has 2 amide bonds. The molecule has 1 fully saturated rings. The van der Waals surface area contributed by atoms with Crippen LogP contribution in [0.3, 0.4) is 0 Å². The van der Waals surface area contributed by atoms with Gasteiger partial charge in [0.1, 0.15) is 0 Å². The average molecular weight is 241 g/mol. The molecule has 0 radical (unpaired) electrons. The number of hydrogen-bond acceptors (Lipinski definition) is 3. The summed E-state index contributed by atoms with van der Waals surface area (Å²) in [5, 5.41) is 0. The van der Waals surface area contributed by atoms with Crippen molar-refractivity contribution in [3.63, 3.8) is 0 Å². The summed E-state index contributed by atoms with van der Waals surface area (Å²) in [6.45, 7) is 3.74. The Bertz CT molecular complexity index is 273. The first kappa shape index (κ1) is 14.0. The van der Waals surface area contributed by atoms with Crippen LogP contribution in [-0.4, -0.2) is 17.9 Å². The van der Waals surface area contributed by atoms with Gasteiger partial charge in [-0.15, -0.1) is 0 Å². The Morgan fingerprint density at radius 2 is 1.71 bits per heavy atom. The van der Waals surface area contributed by atoms with Gasteiger partial charge >= 0.3 is 0 Å². The van der Waals surface area contributed by atoms with E-state index in [1.165, 1.54) is 6.42 Å². The molecule has 1 aliphatic carbocycles. The number of rotatable bonds is 3. The molecule has 0 aromatic rings. The highest BCUT2D eigenvalue weighted by Crippen LogP contribution is 2.23. The van der Waals surface area contributed by atoms with E-state index in [0.29, 0.717) is 0 Å². The number of hydrogen-bond donors (Lipinski definition) is 3. The molecule has 0 spiro atoms. The van der Waals surface area contributed by atoms with Crippen molar-refractivity contribution in [2.75, 3.05) is 0 Å². The fraction of sp³-hybridized carbons (Fsp3) is 0.833. The minimum Gasteiger partial charge on any atom is -0.320 e. The number of carbonyl (C=O) groups excluding carboxylic acids is 2. The van der Waals surface area contributed by atoms with Crippen LogP contribution in [0.5, 0.6) is 0 Å². The van der Waals surface area contributed by atoms with Crippen molar-refractivity contribution in [1.82, 2.24) is 10.9 Å². The lowest BCUT2D eigenvalue weighted by atomic mass is 9.89. The molecule has 0 saturated heterocycles. The van der Waals surface area contributed by atoms with Gasteiger partial charge in [0.25, 0.3) is 5.91 Å². The molecule has 5 nitrogen and oxygen atoms in total. The predicted octanol–water partition coefficient (Wildman–Crippen LogP) is 0.697. The van der Waals surface area contributed by atoms with Gasteiger partial charge in [-0.3, -0.25) is 20.4 Å². The Morgan fingerprint density at radius 1 is 1.12 bits per heavy atom. The molecule has 5 heteroatoms. The van der Waals surface area contributed by atoms with Crippen molar-refractivity contribution in [3.05, 3.63) is 0 Å². The van der Waals surface area contributed by atoms with Crippen LogP contribution < -0.4 is 16.6 Å². The largest absolute Gasteiger partial charge is 0.320 e. The first-order chi connectivity index (χ1) is 8.02. The monoisotopic (exact) mass is 241 g/mol. The van der Waals surface area contributed by atoms with Gasteiger partial charge in [0.05, 0.1) is 6.04 Å². The van der Waals surface area contributed by atoms with E-state index in [9.17, 15) is 9.59 Å². The van der Waals surface area contributed by atoms with Gasteiger partial charge in [0.2, 0.25) is 5.91 Å². The van der Waals surface area contributed by atoms with Crippen LogP contribution in [0.25, 0.3) is 0 Å². The van der Waals surface area contributed by atoms with Crippen LogP contribution in [0.2, 0.25) is 0 Å². The predicted molar refractivity (Wildman–Crippen MR) is 65.7 cm³/mol. The van der Waals surface area contributed by atoms with Crippen molar-refractivity contribution >= 4 is 11.8 Å². The summed E-state index contributed by atoms with van der Waals surface area (Å²) >= 11 is 0. The molecular weight excluding hydrogens is 218 g/mol. The third-order valence-corrected chi connectivity index (χ3v) is 3.31. The van der Waals surface area contributed by atoms with Gasteiger partial charge in [-0.2, -0.15) is 0 Å². The van der Waals surface area contributed by atoms with Crippen molar-refractivity contribution in [2.24, 2.45) is 17.6 Å². The number of amides is 2. The summed E-state index contributed by atoms with van der Waals surface area (Å²) in [4.78, 5) is 23.2. The smallest absolute Gasteiger partial charge is 0.255 e. The van der Waals surface area contributed by atoms with Crippen LogP contribution in [0.1, 0.15) is 46.0 Å². The number of nitrogens with two attached hydrogens (primary N) is 1. The number of carbonyl (C=O) groups is 2. The van der Waals surface area contributed by atoms with Crippen molar-refractivity contribution in [2.45, 2.75) is 52.0 Å². The summed E-state index contributed by atoms with van der Waals surface area (Å²) in [6, 6.07) is -0.582. The Hall–Kier alpha value is -1.10. The van der Waals surface area contributed by atoms with E-state index in [1.54, 1.807) is 0 Å². The molecule has 1 atom stereocenters. The molecule has 1 aliphatic rings. The second kappa shape index (κ2) is 6.59. The molecule has 0 aliphatic heterocycles. The fourth-order valence-corrected chi connectivity index (χ4v) is 1.98. The van der Waals surface area contributed by atoms with Crippen molar-refractivity contribution in [1.29, 1.82) is 0 Å². The first-order valence-corrected chi connectivity index (χ1v) is 6.37. The first-order valence-electron chi connectivity index (χ1n) is 6.37. The van der Waals surface area contributed by atoms with E-state index in [4.69, 9.17) is 5.73 Å². The van der Waals surface area contributed by atoms with E-state index in [1.807, 2.05) is 13.8 Å². The van der Waals surface area contributed by atoms with Gasteiger partial charge in [0, 0.05) is 5.92 Å². The molecule has 1 saturated carbocycles. The lowest BCUT2D eigenvalue weighted by Crippen LogP contribution is -2.52. The maximum absolute atomic E-state index is 11.7. The third-order valence-electron chi connectivity index (χ3n) is 3.31. The van der Waals surface area contributed by atoms with Crippen molar-refractivity contribution in [3.8, 4) is 0 Å². The van der Waals surface area contributed by atoms with E-state index in [0.717, 1.165) is 25.7 Å². The van der Waals surface area contributed by atoms with Crippen LogP contribution in [-0.2, 0) is 9.59 Å². The van der Waals surface area contributed by atoms with E-state index in [-0.39, 0.29) is 23.7 Å². The van der Waals surface area contributed by atoms with Gasteiger partial charge in [-0.1, -0.05) is 33.1 Å². The van der Waals surface area contributed by atoms with Gasteiger partial charge in [-0.05, 0) is 18.8 Å². The molecule has 1 unspecified atom stereocenters. The second-order valence-electron chi connectivity index (χ2n) is 5.08. The summed E-state index contributed by atoms with van der Waals surface area (Å²) in [6.07, 6.45) is 5.22. The third kappa shape index (κ3) is 4.34. The van der Waals surface area contributed by atoms with Crippen LogP contribution in [0.4, 0.5) is 0 Å². The zero-order valence-corrected chi connectivity index (χ0v) is 10.7. The summed E-state index contributed by atoms with van der Waals surface area (Å²) < 4.78 is 0. The molecule has 1 rings (SSSR count). The molecule has 17 heavy (non-hydrogen) atoms. The quantitative estimate of drug-likeness (QED) is 0.636. The van der Waals surface area contributed by atoms with Gasteiger partial charge in [-0.25, -0.2) is 0 Å². The SMILES string of the molecule is CC(C)C(N)C(=O)NNC(=O)C1CCCCC1. The van der Waals surface area contributed by atoms with Crippen molar-refractivity contribution < 1.29 is 9.59 Å². The molecule has 0 aromatic carbocycles. The Kier molecular flexibility index (Phi) is 5.41. The number of hydrazine groups is 1. The van der Waals surface area contributed by atoms with Crippen LogP contribution >= 0.6 is 0 Å². The van der Waals surface area contributed by atoms with E-state index >= 15 is 0 Å². The lowest BCUT2D eigenvalue weighted by Gasteiger charge is -2.22. The Labute approximate surface area is 102 Å². The normalized spacial score (nSPS) is 18.8. The summed E-state index contributed by atoms with van der Waals surface area (Å²) in [7, 11) is 0. The summed E-state index contributed by atoms with van der Waals surface area (Å²) in [5.41, 5.74) is 10.5. The maximum Gasteiger partial charge on any atom is 0.255 e. The number of nitrogens with one attached hydrogen (secondary N) is 2. The standard InChI is InChI=1S/C12H23N3O2/c1-8(2)10(13)12(17)15-14-11(16)9-6-4-3-5-7-9/h8-10H,3-7,13H2,1-2H3,(H,14,16)(H,15,17). The van der Waals surface area contributed by atoms with E-state index < -0.39 is 6.04 Å². The minimum absolute atomic E-state index is 0.0410. The maximum atomic E-state index is 11.7. The topological polar surface area (TPSA) is 84.2 Å². The van der Waals surface area contributed by atoms with Gasteiger partial charge in [0.15, 0.2) is 0 Å². The average Bonchev–Trinajstić information content (AvgIpc) is 2.35. The molecule has 0 aromatic heterocycles.